The summed E-state index contributed by atoms with van der Waals surface area (Å²) in [6, 6.07) is 12.2. The van der Waals surface area contributed by atoms with E-state index < -0.39 is 20.6 Å². The second kappa shape index (κ2) is 9.27. The Bertz CT molecular complexity index is 901. The fourth-order valence-corrected chi connectivity index (χ4v) is 4.42. The Balaban J connectivity index is 2.34. The second-order valence-electron chi connectivity index (χ2n) is 5.84. The van der Waals surface area contributed by atoms with E-state index in [9.17, 15) is 18.5 Å². The predicted octanol–water partition coefficient (Wildman–Crippen LogP) is 3.61. The van der Waals surface area contributed by atoms with Crippen LogP contribution < -0.4 is 4.72 Å². The fraction of sp³-hybridized carbons (Fsp3) is 0.333. The number of halogens is 1. The van der Waals surface area contributed by atoms with E-state index in [0.29, 0.717) is 18.1 Å². The van der Waals surface area contributed by atoms with Gasteiger partial charge in [-0.2, -0.15) is 0 Å². The highest BCUT2D eigenvalue weighted by Gasteiger charge is 2.28. The molecular weight excluding hydrogens is 390 g/mol. The molecule has 0 aliphatic heterocycles. The maximum absolute atomic E-state index is 12.7. The van der Waals surface area contributed by atoms with E-state index in [0.717, 1.165) is 5.56 Å². The van der Waals surface area contributed by atoms with Gasteiger partial charge in [-0.1, -0.05) is 55.8 Å². The van der Waals surface area contributed by atoms with E-state index in [-0.39, 0.29) is 17.5 Å². The largest absolute Gasteiger partial charge is 0.296 e. The van der Waals surface area contributed by atoms with Gasteiger partial charge in [0, 0.05) is 23.7 Å². The monoisotopic (exact) mass is 411 g/mol. The van der Waals surface area contributed by atoms with Crippen LogP contribution in [0.1, 0.15) is 25.5 Å². The summed E-state index contributed by atoms with van der Waals surface area (Å²) in [6.07, 6.45) is 0. The molecule has 7 nitrogen and oxygen atoms in total. The average Bonchev–Trinajstić information content (AvgIpc) is 2.66. The molecule has 0 saturated carbocycles. The molecule has 0 heterocycles. The Morgan fingerprint density at radius 2 is 1.70 bits per heavy atom. The van der Waals surface area contributed by atoms with E-state index in [1.54, 1.807) is 6.07 Å². The Morgan fingerprint density at radius 1 is 1.11 bits per heavy atom. The van der Waals surface area contributed by atoms with Gasteiger partial charge in [0.1, 0.15) is 0 Å². The van der Waals surface area contributed by atoms with Crippen LogP contribution in [0.3, 0.4) is 0 Å². The van der Waals surface area contributed by atoms with E-state index >= 15 is 0 Å². The first-order chi connectivity index (χ1) is 12.8. The highest BCUT2D eigenvalue weighted by atomic mass is 35.5. The molecule has 0 radical (unpaired) electrons. The molecule has 0 aromatic heterocycles. The van der Waals surface area contributed by atoms with Crippen molar-refractivity contribution in [2.45, 2.75) is 24.8 Å². The first-order valence-corrected chi connectivity index (χ1v) is 10.4. The predicted molar refractivity (Wildman–Crippen MR) is 105 cm³/mol. The smallest absolute Gasteiger partial charge is 0.289 e. The van der Waals surface area contributed by atoms with Crippen LogP contribution in [0.5, 0.6) is 0 Å². The number of hydrogen-bond donors (Lipinski definition) is 1. The first kappa shape index (κ1) is 21.3. The van der Waals surface area contributed by atoms with Gasteiger partial charge in [0.05, 0.1) is 4.92 Å². The van der Waals surface area contributed by atoms with E-state index in [2.05, 4.69) is 9.62 Å². The Morgan fingerprint density at radius 3 is 2.30 bits per heavy atom. The molecule has 146 valence electrons. The molecular formula is C18H22ClN3O4S. The van der Waals surface area contributed by atoms with Crippen molar-refractivity contribution >= 4 is 27.3 Å². The van der Waals surface area contributed by atoms with E-state index in [1.165, 1.54) is 24.3 Å². The van der Waals surface area contributed by atoms with Crippen LogP contribution in [0.15, 0.2) is 53.4 Å². The molecule has 0 bridgehead atoms. The van der Waals surface area contributed by atoms with Crippen molar-refractivity contribution in [1.29, 1.82) is 0 Å². The van der Waals surface area contributed by atoms with Crippen molar-refractivity contribution < 1.29 is 13.3 Å². The van der Waals surface area contributed by atoms with Gasteiger partial charge in [-0.25, -0.2) is 13.1 Å². The molecule has 0 fully saturated rings. The summed E-state index contributed by atoms with van der Waals surface area (Å²) in [5.74, 6) is 0. The van der Waals surface area contributed by atoms with Crippen LogP contribution >= 0.6 is 11.6 Å². The summed E-state index contributed by atoms with van der Waals surface area (Å²) >= 11 is 6.32. The highest BCUT2D eigenvalue weighted by molar-refractivity contribution is 7.89. The SMILES string of the molecule is CCN(CC)C(CNS(=O)(=O)c1ccccc1[N+](=O)[O-])c1ccccc1Cl. The first-order valence-electron chi connectivity index (χ1n) is 8.53. The molecule has 9 heteroatoms. The number of likely N-dealkylation sites (N-methyl/N-ethyl adjacent to an activating group) is 1. The molecule has 0 saturated heterocycles. The standard InChI is InChI=1S/C18H22ClN3O4S/c1-3-21(4-2)17(14-9-5-6-10-15(14)19)13-20-27(25,26)18-12-8-7-11-16(18)22(23)24/h5-12,17,20H,3-4,13H2,1-2H3. The highest BCUT2D eigenvalue weighted by Crippen LogP contribution is 2.28. The number of para-hydroxylation sites is 1. The zero-order valence-corrected chi connectivity index (χ0v) is 16.7. The number of nitro groups is 1. The van der Waals surface area contributed by atoms with Crippen molar-refractivity contribution in [1.82, 2.24) is 9.62 Å². The van der Waals surface area contributed by atoms with Crippen molar-refractivity contribution in [2.24, 2.45) is 0 Å². The van der Waals surface area contributed by atoms with Crippen LogP contribution in [0.25, 0.3) is 0 Å². The van der Waals surface area contributed by atoms with Gasteiger partial charge in [0.15, 0.2) is 4.90 Å². The Kier molecular flexibility index (Phi) is 7.32. The van der Waals surface area contributed by atoms with E-state index in [4.69, 9.17) is 11.6 Å². The van der Waals surface area contributed by atoms with Crippen LogP contribution in [0.4, 0.5) is 5.69 Å². The summed E-state index contributed by atoms with van der Waals surface area (Å²) in [4.78, 5) is 12.2. The lowest BCUT2D eigenvalue weighted by Crippen LogP contribution is -2.38. The van der Waals surface area contributed by atoms with Crippen molar-refractivity contribution in [3.8, 4) is 0 Å². The summed E-state index contributed by atoms with van der Waals surface area (Å²) in [6.45, 7) is 5.38. The van der Waals surface area contributed by atoms with Crippen molar-refractivity contribution in [3.63, 3.8) is 0 Å². The summed E-state index contributed by atoms with van der Waals surface area (Å²) in [5.41, 5.74) is 0.343. The van der Waals surface area contributed by atoms with Gasteiger partial charge >= 0.3 is 0 Å². The lowest BCUT2D eigenvalue weighted by Gasteiger charge is -2.30. The number of nitrogens with zero attached hydrogens (tertiary/aromatic N) is 2. The molecule has 0 amide bonds. The minimum absolute atomic E-state index is 0.0415. The number of sulfonamides is 1. The maximum Gasteiger partial charge on any atom is 0.289 e. The molecule has 1 atom stereocenters. The lowest BCUT2D eigenvalue weighted by molar-refractivity contribution is -0.387. The number of hydrogen-bond acceptors (Lipinski definition) is 5. The summed E-state index contributed by atoms with van der Waals surface area (Å²) in [7, 11) is -4.06. The second-order valence-corrected chi connectivity index (χ2v) is 7.98. The maximum atomic E-state index is 12.7. The van der Waals surface area contributed by atoms with E-state index in [1.807, 2.05) is 32.0 Å². The van der Waals surface area contributed by atoms with Crippen molar-refractivity contribution in [2.75, 3.05) is 19.6 Å². The van der Waals surface area contributed by atoms with Crippen molar-refractivity contribution in [3.05, 3.63) is 69.2 Å². The average molecular weight is 412 g/mol. The number of benzene rings is 2. The molecule has 2 rings (SSSR count). The molecule has 1 N–H and O–H groups in total. The molecule has 0 spiro atoms. The third-order valence-corrected chi connectivity index (χ3v) is 6.15. The fourth-order valence-electron chi connectivity index (χ4n) is 2.95. The summed E-state index contributed by atoms with van der Waals surface area (Å²) in [5, 5.41) is 11.7. The number of rotatable bonds is 9. The van der Waals surface area contributed by atoms with Crippen LogP contribution in [-0.2, 0) is 10.0 Å². The molecule has 27 heavy (non-hydrogen) atoms. The molecule has 2 aromatic rings. The quantitative estimate of drug-likeness (QED) is 0.502. The molecule has 0 aliphatic rings. The van der Waals surface area contributed by atoms with Crippen LogP contribution in [0.2, 0.25) is 5.02 Å². The van der Waals surface area contributed by atoms with Gasteiger partial charge < -0.3 is 0 Å². The van der Waals surface area contributed by atoms with Gasteiger partial charge in [0.2, 0.25) is 10.0 Å². The third kappa shape index (κ3) is 5.04. The van der Waals surface area contributed by atoms with Crippen LogP contribution in [-0.4, -0.2) is 37.9 Å². The van der Waals surface area contributed by atoms with Crippen LogP contribution in [0, 0.1) is 10.1 Å². The Hall–Kier alpha value is -2.00. The van der Waals surface area contributed by atoms with Gasteiger partial charge in [-0.05, 0) is 30.8 Å². The van der Waals surface area contributed by atoms with Gasteiger partial charge in [0.25, 0.3) is 5.69 Å². The Labute approximate surface area is 164 Å². The lowest BCUT2D eigenvalue weighted by atomic mass is 10.1. The number of nitro benzene ring substituents is 1. The minimum Gasteiger partial charge on any atom is -0.296 e. The molecule has 0 aliphatic carbocycles. The number of nitrogens with one attached hydrogen (secondary N) is 1. The zero-order chi connectivity index (χ0) is 20.0. The topological polar surface area (TPSA) is 92.6 Å². The third-order valence-electron chi connectivity index (χ3n) is 4.34. The molecule has 1 unspecified atom stereocenters. The zero-order valence-electron chi connectivity index (χ0n) is 15.1. The summed E-state index contributed by atoms with van der Waals surface area (Å²) < 4.78 is 27.9. The molecule has 2 aromatic carbocycles. The minimum atomic E-state index is -4.06. The normalized spacial score (nSPS) is 12.9. The van der Waals surface area contributed by atoms with Gasteiger partial charge in [-0.15, -0.1) is 0 Å². The van der Waals surface area contributed by atoms with Gasteiger partial charge in [-0.3, -0.25) is 15.0 Å².